The van der Waals surface area contributed by atoms with Gasteiger partial charge in [0.25, 0.3) is 0 Å². The van der Waals surface area contributed by atoms with E-state index in [9.17, 15) is 18.0 Å². The Bertz CT molecular complexity index is 514. The Morgan fingerprint density at radius 2 is 2.15 bits per heavy atom. The van der Waals surface area contributed by atoms with E-state index in [4.69, 9.17) is 5.11 Å². The molecule has 0 aromatic heterocycles. The highest BCUT2D eigenvalue weighted by Crippen LogP contribution is 2.40. The van der Waals surface area contributed by atoms with Crippen LogP contribution in [0.3, 0.4) is 0 Å². The molecule has 1 unspecified atom stereocenters. The summed E-state index contributed by atoms with van der Waals surface area (Å²) >= 11 is 0. The number of rotatable bonds is 3. The first-order valence-electron chi connectivity index (χ1n) is 6.55. The van der Waals surface area contributed by atoms with Gasteiger partial charge in [0.05, 0.1) is 11.1 Å². The quantitative estimate of drug-likeness (QED) is 0.919. The number of aromatic carboxylic acids is 1. The van der Waals surface area contributed by atoms with Gasteiger partial charge in [0.1, 0.15) is 0 Å². The van der Waals surface area contributed by atoms with Crippen LogP contribution in [0.5, 0.6) is 0 Å². The molecule has 0 spiro atoms. The second kappa shape index (κ2) is 5.34. The van der Waals surface area contributed by atoms with Gasteiger partial charge in [-0.3, -0.25) is 0 Å². The van der Waals surface area contributed by atoms with Crippen molar-refractivity contribution >= 4 is 11.7 Å². The van der Waals surface area contributed by atoms with Gasteiger partial charge in [-0.2, -0.15) is 13.2 Å². The summed E-state index contributed by atoms with van der Waals surface area (Å²) in [7, 11) is 0. The molecule has 1 fully saturated rings. The fraction of sp³-hybridized carbons (Fsp3) is 0.500. The Balaban J connectivity index is 2.49. The lowest BCUT2D eigenvalue weighted by Crippen LogP contribution is -2.30. The lowest BCUT2D eigenvalue weighted by molar-refractivity contribution is -0.137. The average molecular weight is 287 g/mol. The van der Waals surface area contributed by atoms with Gasteiger partial charge in [-0.05, 0) is 37.5 Å². The van der Waals surface area contributed by atoms with Gasteiger partial charge in [0.2, 0.25) is 0 Å². The van der Waals surface area contributed by atoms with Gasteiger partial charge < -0.3 is 10.0 Å². The van der Waals surface area contributed by atoms with E-state index >= 15 is 0 Å². The lowest BCUT2D eigenvalue weighted by Gasteiger charge is -2.29. The van der Waals surface area contributed by atoms with E-state index in [2.05, 4.69) is 0 Å². The molecule has 3 nitrogen and oxygen atoms in total. The number of carboxylic acid groups (broad SMARTS) is 1. The molecule has 0 saturated carbocycles. The summed E-state index contributed by atoms with van der Waals surface area (Å²) in [4.78, 5) is 12.6. The van der Waals surface area contributed by atoms with Crippen LogP contribution >= 0.6 is 0 Å². The van der Waals surface area contributed by atoms with Crippen LogP contribution in [0.1, 0.15) is 42.1 Å². The summed E-state index contributed by atoms with van der Waals surface area (Å²) in [5.41, 5.74) is -1.11. The summed E-state index contributed by atoms with van der Waals surface area (Å²) in [5, 5.41) is 8.85. The first-order chi connectivity index (χ1) is 9.34. The van der Waals surface area contributed by atoms with E-state index in [1.54, 1.807) is 4.90 Å². The van der Waals surface area contributed by atoms with Crippen LogP contribution in [0.2, 0.25) is 0 Å². The van der Waals surface area contributed by atoms with Crippen LogP contribution in [0, 0.1) is 0 Å². The van der Waals surface area contributed by atoms with Crippen molar-refractivity contribution < 1.29 is 23.1 Å². The number of anilines is 1. The molecule has 20 heavy (non-hydrogen) atoms. The number of hydrogen-bond donors (Lipinski definition) is 1. The summed E-state index contributed by atoms with van der Waals surface area (Å²) in [6, 6.07) is 3.33. The lowest BCUT2D eigenvalue weighted by atomic mass is 10.1. The summed E-state index contributed by atoms with van der Waals surface area (Å²) in [6.07, 6.45) is -2.05. The smallest absolute Gasteiger partial charge is 0.418 e. The molecule has 110 valence electrons. The molecule has 1 N–H and O–H groups in total. The summed E-state index contributed by atoms with van der Waals surface area (Å²) < 4.78 is 39.5. The maximum absolute atomic E-state index is 13.2. The minimum atomic E-state index is -4.55. The largest absolute Gasteiger partial charge is 0.478 e. The van der Waals surface area contributed by atoms with Crippen molar-refractivity contribution in [3.05, 3.63) is 29.3 Å². The molecule has 6 heteroatoms. The van der Waals surface area contributed by atoms with Crippen molar-refractivity contribution in [2.75, 3.05) is 11.4 Å². The third-order valence-electron chi connectivity index (χ3n) is 3.71. The third-order valence-corrected chi connectivity index (χ3v) is 3.71. The summed E-state index contributed by atoms with van der Waals surface area (Å²) in [5.74, 6) is -1.35. The number of carboxylic acids is 1. The minimum Gasteiger partial charge on any atom is -0.478 e. The van der Waals surface area contributed by atoms with Crippen molar-refractivity contribution in [3.8, 4) is 0 Å². The molecular formula is C14H16F3NO2. The molecule has 1 aliphatic rings. The molecular weight excluding hydrogens is 271 g/mol. The van der Waals surface area contributed by atoms with E-state index in [-0.39, 0.29) is 17.3 Å². The molecule has 1 atom stereocenters. The van der Waals surface area contributed by atoms with Crippen LogP contribution in [0.15, 0.2) is 18.2 Å². The standard InChI is InChI=1S/C14H16F3NO2/c1-2-10-4-3-7-18(10)12-6-5-9(13(19)20)8-11(12)14(15,16)17/h5-6,8,10H,2-4,7H2,1H3,(H,19,20). The van der Waals surface area contributed by atoms with Gasteiger partial charge in [0.15, 0.2) is 0 Å². The fourth-order valence-electron chi connectivity index (χ4n) is 2.72. The Hall–Kier alpha value is -1.72. The predicted molar refractivity (Wildman–Crippen MR) is 69.1 cm³/mol. The van der Waals surface area contributed by atoms with Gasteiger partial charge in [-0.15, -0.1) is 0 Å². The Kier molecular flexibility index (Phi) is 3.92. The minimum absolute atomic E-state index is 0.0896. The Morgan fingerprint density at radius 3 is 2.70 bits per heavy atom. The maximum Gasteiger partial charge on any atom is 0.418 e. The van der Waals surface area contributed by atoms with Gasteiger partial charge in [-0.1, -0.05) is 6.92 Å². The number of alkyl halides is 3. The molecule has 1 saturated heterocycles. The highest BCUT2D eigenvalue weighted by Gasteiger charge is 2.37. The van der Waals surface area contributed by atoms with Crippen molar-refractivity contribution in [2.45, 2.75) is 38.4 Å². The molecule has 1 aromatic rings. The van der Waals surface area contributed by atoms with Crippen molar-refractivity contribution in [1.29, 1.82) is 0 Å². The fourth-order valence-corrected chi connectivity index (χ4v) is 2.72. The molecule has 0 aliphatic carbocycles. The Labute approximate surface area is 115 Å². The topological polar surface area (TPSA) is 40.5 Å². The molecule has 2 rings (SSSR count). The Morgan fingerprint density at radius 1 is 1.45 bits per heavy atom. The van der Waals surface area contributed by atoms with Crippen molar-refractivity contribution in [3.63, 3.8) is 0 Å². The van der Waals surface area contributed by atoms with Gasteiger partial charge in [0, 0.05) is 18.3 Å². The zero-order valence-electron chi connectivity index (χ0n) is 11.1. The molecule has 1 heterocycles. The number of hydrogen-bond acceptors (Lipinski definition) is 2. The van der Waals surface area contributed by atoms with Gasteiger partial charge >= 0.3 is 12.1 Å². The predicted octanol–water partition coefficient (Wildman–Crippen LogP) is 3.78. The van der Waals surface area contributed by atoms with Gasteiger partial charge in [-0.25, -0.2) is 4.79 Å². The van der Waals surface area contributed by atoms with E-state index in [1.165, 1.54) is 12.1 Å². The molecule has 0 bridgehead atoms. The van der Waals surface area contributed by atoms with E-state index in [0.29, 0.717) is 6.54 Å². The number of halogens is 3. The third kappa shape index (κ3) is 2.73. The first-order valence-corrected chi connectivity index (χ1v) is 6.55. The van der Waals surface area contributed by atoms with E-state index in [1.807, 2.05) is 6.92 Å². The highest BCUT2D eigenvalue weighted by molar-refractivity contribution is 5.88. The highest BCUT2D eigenvalue weighted by atomic mass is 19.4. The van der Waals surface area contributed by atoms with Crippen molar-refractivity contribution in [2.24, 2.45) is 0 Å². The second-order valence-corrected chi connectivity index (χ2v) is 4.93. The molecule has 1 aliphatic heterocycles. The SMILES string of the molecule is CCC1CCCN1c1ccc(C(=O)O)cc1C(F)(F)F. The first kappa shape index (κ1) is 14.7. The molecule has 0 radical (unpaired) electrons. The van der Waals surface area contributed by atoms with Crippen LogP contribution in [0.25, 0.3) is 0 Å². The summed E-state index contributed by atoms with van der Waals surface area (Å²) in [6.45, 7) is 2.52. The number of nitrogens with zero attached hydrogens (tertiary/aromatic N) is 1. The molecule has 0 amide bonds. The zero-order valence-corrected chi connectivity index (χ0v) is 11.1. The van der Waals surface area contributed by atoms with Crippen LogP contribution in [-0.4, -0.2) is 23.7 Å². The zero-order chi connectivity index (χ0) is 14.9. The van der Waals surface area contributed by atoms with Crippen LogP contribution in [-0.2, 0) is 6.18 Å². The monoisotopic (exact) mass is 287 g/mol. The molecule has 1 aromatic carbocycles. The van der Waals surface area contributed by atoms with Crippen LogP contribution < -0.4 is 4.90 Å². The van der Waals surface area contributed by atoms with Crippen LogP contribution in [0.4, 0.5) is 18.9 Å². The number of carbonyl (C=O) groups is 1. The number of benzene rings is 1. The maximum atomic E-state index is 13.2. The second-order valence-electron chi connectivity index (χ2n) is 4.93. The van der Waals surface area contributed by atoms with Crippen molar-refractivity contribution in [1.82, 2.24) is 0 Å². The van der Waals surface area contributed by atoms with E-state index < -0.39 is 17.7 Å². The normalized spacial score (nSPS) is 19.4. The average Bonchev–Trinajstić information content (AvgIpc) is 2.85. The van der Waals surface area contributed by atoms with E-state index in [0.717, 1.165) is 25.3 Å².